The van der Waals surface area contributed by atoms with Crippen molar-refractivity contribution in [3.63, 3.8) is 0 Å². The van der Waals surface area contributed by atoms with Crippen LogP contribution in [0.15, 0.2) is 0 Å². The van der Waals surface area contributed by atoms with Crippen molar-refractivity contribution >= 4 is 11.8 Å². The van der Waals surface area contributed by atoms with Crippen molar-refractivity contribution in [1.29, 1.82) is 5.26 Å². The van der Waals surface area contributed by atoms with E-state index in [0.29, 0.717) is 12.3 Å². The molecular weight excluding hydrogens is 270 g/mol. The maximum absolute atomic E-state index is 12.4. The van der Waals surface area contributed by atoms with Gasteiger partial charge in [0, 0.05) is 14.2 Å². The van der Waals surface area contributed by atoms with Crippen molar-refractivity contribution in [3.8, 4) is 6.19 Å². The maximum atomic E-state index is 12.4. The third-order valence-electron chi connectivity index (χ3n) is 4.31. The van der Waals surface area contributed by atoms with Crippen LogP contribution in [-0.4, -0.2) is 37.5 Å². The van der Waals surface area contributed by atoms with Gasteiger partial charge < -0.3 is 10.5 Å². The normalized spacial score (nSPS) is 18.5. The first-order valence-corrected chi connectivity index (χ1v) is 7.46. The average molecular weight is 295 g/mol. The number of hydrogen-bond acceptors (Lipinski definition) is 4. The summed E-state index contributed by atoms with van der Waals surface area (Å²) in [5.41, 5.74) is 5.44. The minimum absolute atomic E-state index is 0.109. The molecule has 0 aromatic heterocycles. The molecule has 0 saturated heterocycles. The molecule has 1 saturated carbocycles. The molecule has 6 heteroatoms. The molecule has 6 nitrogen and oxygen atoms in total. The van der Waals surface area contributed by atoms with Gasteiger partial charge in [-0.25, -0.2) is 0 Å². The third kappa shape index (κ3) is 5.01. The van der Waals surface area contributed by atoms with E-state index >= 15 is 0 Å². The summed E-state index contributed by atoms with van der Waals surface area (Å²) in [6.07, 6.45) is 8.09. The van der Waals surface area contributed by atoms with E-state index in [4.69, 9.17) is 15.7 Å². The summed E-state index contributed by atoms with van der Waals surface area (Å²) in [5, 5.41) is 8.92. The summed E-state index contributed by atoms with van der Waals surface area (Å²) >= 11 is 0. The zero-order valence-corrected chi connectivity index (χ0v) is 12.9. The first kappa shape index (κ1) is 17.4. The highest BCUT2D eigenvalue weighted by Crippen LogP contribution is 2.32. The second-order valence-electron chi connectivity index (χ2n) is 5.81. The Morgan fingerprint density at radius 3 is 2.43 bits per heavy atom. The van der Waals surface area contributed by atoms with E-state index in [0.717, 1.165) is 30.6 Å². The van der Waals surface area contributed by atoms with Crippen LogP contribution >= 0.6 is 0 Å². The molecule has 1 aliphatic carbocycles. The molecule has 0 heterocycles. The summed E-state index contributed by atoms with van der Waals surface area (Å²) in [5.74, 6) is -1.73. The highest BCUT2D eigenvalue weighted by molar-refractivity contribution is 5.87. The third-order valence-corrected chi connectivity index (χ3v) is 4.31. The van der Waals surface area contributed by atoms with Gasteiger partial charge in [-0.05, 0) is 12.3 Å². The molecule has 0 aromatic rings. The predicted molar refractivity (Wildman–Crippen MR) is 77.6 cm³/mol. The van der Waals surface area contributed by atoms with Crippen LogP contribution < -0.4 is 5.73 Å². The molecular formula is C15H25N3O3. The Balaban J connectivity index is 2.88. The Labute approximate surface area is 126 Å². The highest BCUT2D eigenvalue weighted by Gasteiger charge is 2.36. The van der Waals surface area contributed by atoms with Crippen molar-refractivity contribution in [1.82, 2.24) is 4.90 Å². The average Bonchev–Trinajstić information content (AvgIpc) is 2.50. The number of primary amides is 1. The number of amides is 2. The molecule has 2 atom stereocenters. The quantitative estimate of drug-likeness (QED) is 0.565. The van der Waals surface area contributed by atoms with Crippen molar-refractivity contribution in [3.05, 3.63) is 0 Å². The smallest absolute Gasteiger partial charge is 0.239 e. The maximum Gasteiger partial charge on any atom is 0.239 e. The van der Waals surface area contributed by atoms with E-state index in [1.54, 1.807) is 0 Å². The number of carbonyl (C=O) groups excluding carboxylic acids is 2. The van der Waals surface area contributed by atoms with Crippen LogP contribution in [0.2, 0.25) is 0 Å². The van der Waals surface area contributed by atoms with E-state index < -0.39 is 17.7 Å². The number of carbonyl (C=O) groups is 2. The molecule has 0 aromatic carbocycles. The lowest BCUT2D eigenvalue weighted by atomic mass is 9.77. The van der Waals surface area contributed by atoms with Crippen LogP contribution in [0.3, 0.4) is 0 Å². The van der Waals surface area contributed by atoms with Gasteiger partial charge in [-0.3, -0.25) is 14.5 Å². The Hall–Kier alpha value is -1.61. The molecule has 1 unspecified atom stereocenters. The van der Waals surface area contributed by atoms with Gasteiger partial charge in [0.15, 0.2) is 6.19 Å². The number of nitriles is 1. The van der Waals surface area contributed by atoms with E-state index in [-0.39, 0.29) is 12.5 Å². The summed E-state index contributed by atoms with van der Waals surface area (Å²) in [7, 11) is 2.90. The molecule has 2 N–H and O–H groups in total. The van der Waals surface area contributed by atoms with Crippen molar-refractivity contribution in [2.24, 2.45) is 23.5 Å². The van der Waals surface area contributed by atoms with E-state index in [9.17, 15) is 9.59 Å². The van der Waals surface area contributed by atoms with Gasteiger partial charge in [-0.1, -0.05) is 32.1 Å². The van der Waals surface area contributed by atoms with E-state index in [1.807, 2.05) is 6.19 Å². The molecule has 1 aliphatic rings. The Morgan fingerprint density at radius 1 is 1.33 bits per heavy atom. The number of nitrogens with zero attached hydrogens (tertiary/aromatic N) is 2. The second kappa shape index (κ2) is 8.63. The van der Waals surface area contributed by atoms with Gasteiger partial charge in [0.1, 0.15) is 0 Å². The fourth-order valence-corrected chi connectivity index (χ4v) is 3.09. The topological polar surface area (TPSA) is 96.4 Å². The number of rotatable bonds is 7. The van der Waals surface area contributed by atoms with Crippen LogP contribution in [0.1, 0.15) is 38.5 Å². The van der Waals surface area contributed by atoms with Crippen LogP contribution in [0, 0.1) is 29.2 Å². The molecule has 0 radical (unpaired) electrons. The first-order valence-electron chi connectivity index (χ1n) is 7.46. The standard InChI is InChI=1S/C15H25N3O3/c1-18(10-16)15(20)12(13(9-21-2)14(17)19)8-11-6-4-3-5-7-11/h11-13H,3-9H2,1-2H3,(H2,17,19)/t12-,13?/m0/s1. The van der Waals surface area contributed by atoms with Crippen molar-refractivity contribution in [2.75, 3.05) is 20.8 Å². The molecule has 0 spiro atoms. The summed E-state index contributed by atoms with van der Waals surface area (Å²) in [4.78, 5) is 25.1. The van der Waals surface area contributed by atoms with Crippen LogP contribution in [0.4, 0.5) is 0 Å². The fraction of sp³-hybridized carbons (Fsp3) is 0.800. The van der Waals surface area contributed by atoms with Gasteiger partial charge in [-0.15, -0.1) is 0 Å². The van der Waals surface area contributed by atoms with Gasteiger partial charge in [0.25, 0.3) is 0 Å². The first-order chi connectivity index (χ1) is 10.0. The van der Waals surface area contributed by atoms with Gasteiger partial charge in [0.2, 0.25) is 11.8 Å². The molecule has 0 bridgehead atoms. The zero-order chi connectivity index (χ0) is 15.8. The Bertz CT molecular complexity index is 399. The lowest BCUT2D eigenvalue weighted by molar-refractivity contribution is -0.140. The van der Waals surface area contributed by atoms with Crippen LogP contribution in [0.25, 0.3) is 0 Å². The van der Waals surface area contributed by atoms with Crippen LogP contribution in [0.5, 0.6) is 0 Å². The summed E-state index contributed by atoms with van der Waals surface area (Å²) < 4.78 is 5.04. The monoisotopic (exact) mass is 295 g/mol. The number of nitrogens with two attached hydrogens (primary N) is 1. The van der Waals surface area contributed by atoms with Crippen molar-refractivity contribution < 1.29 is 14.3 Å². The number of hydrogen-bond donors (Lipinski definition) is 1. The minimum atomic E-state index is -0.680. The van der Waals surface area contributed by atoms with Crippen LogP contribution in [-0.2, 0) is 14.3 Å². The zero-order valence-electron chi connectivity index (χ0n) is 12.9. The van der Waals surface area contributed by atoms with Gasteiger partial charge in [-0.2, -0.15) is 5.26 Å². The highest BCUT2D eigenvalue weighted by atomic mass is 16.5. The molecule has 1 fully saturated rings. The minimum Gasteiger partial charge on any atom is -0.384 e. The van der Waals surface area contributed by atoms with E-state index in [2.05, 4.69) is 0 Å². The lowest BCUT2D eigenvalue weighted by Gasteiger charge is -2.30. The molecule has 0 aliphatic heterocycles. The predicted octanol–water partition coefficient (Wildman–Crippen LogP) is 1.26. The summed E-state index contributed by atoms with van der Waals surface area (Å²) in [6, 6.07) is 0. The molecule has 118 valence electrons. The summed E-state index contributed by atoms with van der Waals surface area (Å²) in [6.45, 7) is 0.109. The molecule has 21 heavy (non-hydrogen) atoms. The largest absolute Gasteiger partial charge is 0.384 e. The second-order valence-corrected chi connectivity index (χ2v) is 5.81. The van der Waals surface area contributed by atoms with E-state index in [1.165, 1.54) is 20.6 Å². The van der Waals surface area contributed by atoms with Gasteiger partial charge >= 0.3 is 0 Å². The van der Waals surface area contributed by atoms with Gasteiger partial charge in [0.05, 0.1) is 18.4 Å². The number of ether oxygens (including phenoxy) is 1. The van der Waals surface area contributed by atoms with Crippen molar-refractivity contribution in [2.45, 2.75) is 38.5 Å². The fourth-order valence-electron chi connectivity index (χ4n) is 3.09. The molecule has 2 amide bonds. The Kier molecular flexibility index (Phi) is 7.17. The lowest BCUT2D eigenvalue weighted by Crippen LogP contribution is -2.42. The molecule has 1 rings (SSSR count). The Morgan fingerprint density at radius 2 is 1.95 bits per heavy atom. The SMILES string of the molecule is COCC(C(N)=O)[C@H](CC1CCCCC1)C(=O)N(C)C#N. The number of methoxy groups -OCH3 is 1.